The minimum absolute atomic E-state index is 0.204. The Morgan fingerprint density at radius 1 is 1.50 bits per heavy atom. The normalized spacial score (nSPS) is 34.9. The first-order valence-corrected chi connectivity index (χ1v) is 4.68. The molecule has 0 aliphatic carbocycles. The molecule has 2 rings (SSSR count). The monoisotopic (exact) mass is 169 g/mol. The molecule has 2 saturated heterocycles. The lowest BCUT2D eigenvalue weighted by Gasteiger charge is -2.35. The van der Waals surface area contributed by atoms with Gasteiger partial charge in [-0.25, -0.2) is 0 Å². The van der Waals surface area contributed by atoms with Crippen LogP contribution < -0.4 is 0 Å². The van der Waals surface area contributed by atoms with E-state index in [-0.39, 0.29) is 5.91 Å². The molecule has 12 heavy (non-hydrogen) atoms. The summed E-state index contributed by atoms with van der Waals surface area (Å²) in [6, 6.07) is 0.385. The van der Waals surface area contributed by atoms with E-state index in [1.807, 2.05) is 4.90 Å². The summed E-state index contributed by atoms with van der Waals surface area (Å²) in [6.45, 7) is 3.42. The van der Waals surface area contributed by atoms with Crippen molar-refractivity contribution in [1.82, 2.24) is 4.90 Å². The number of rotatable bonds is 0. The second-order valence-corrected chi connectivity index (χ2v) is 3.62. The van der Waals surface area contributed by atoms with Crippen molar-refractivity contribution in [2.24, 2.45) is 0 Å². The Balaban J connectivity index is 2.08. The number of ether oxygens (including phenoxy) is 1. The Kier molecular flexibility index (Phi) is 2.05. The number of hydrogen-bond acceptors (Lipinski definition) is 2. The Labute approximate surface area is 72.7 Å². The maximum Gasteiger partial charge on any atom is 0.219 e. The van der Waals surface area contributed by atoms with E-state index >= 15 is 0 Å². The number of piperidine rings is 1. The molecule has 68 valence electrons. The number of carbonyl (C=O) groups excluding carboxylic acids is 1. The molecule has 2 aliphatic heterocycles. The average Bonchev–Trinajstić information content (AvgIpc) is 2.49. The van der Waals surface area contributed by atoms with Gasteiger partial charge in [0.05, 0.1) is 12.1 Å². The van der Waals surface area contributed by atoms with Crippen LogP contribution in [0.2, 0.25) is 0 Å². The van der Waals surface area contributed by atoms with Gasteiger partial charge in [0.2, 0.25) is 5.91 Å². The largest absolute Gasteiger partial charge is 0.376 e. The number of likely N-dealkylation sites (tertiary alicyclic amines) is 1. The molecule has 3 nitrogen and oxygen atoms in total. The van der Waals surface area contributed by atoms with Crippen LogP contribution in [0.15, 0.2) is 0 Å². The third-order valence-corrected chi connectivity index (χ3v) is 2.87. The maximum atomic E-state index is 11.2. The smallest absolute Gasteiger partial charge is 0.219 e. The molecule has 0 aromatic heterocycles. The summed E-state index contributed by atoms with van der Waals surface area (Å²) in [6.07, 6.45) is 3.60. The van der Waals surface area contributed by atoms with E-state index in [1.165, 1.54) is 0 Å². The first kappa shape index (κ1) is 8.05. The highest BCUT2D eigenvalue weighted by Crippen LogP contribution is 2.27. The number of amides is 1. The zero-order valence-electron chi connectivity index (χ0n) is 7.45. The van der Waals surface area contributed by atoms with Gasteiger partial charge in [-0.3, -0.25) is 4.79 Å². The Hall–Kier alpha value is -0.570. The predicted octanol–water partition coefficient (Wildman–Crippen LogP) is 0.786. The van der Waals surface area contributed by atoms with Crippen LogP contribution in [0.4, 0.5) is 0 Å². The van der Waals surface area contributed by atoms with Gasteiger partial charge in [0.15, 0.2) is 0 Å². The average molecular weight is 169 g/mol. The molecular weight excluding hydrogens is 154 g/mol. The van der Waals surface area contributed by atoms with Gasteiger partial charge < -0.3 is 9.64 Å². The van der Waals surface area contributed by atoms with Crippen LogP contribution in [0.1, 0.15) is 26.2 Å². The summed E-state index contributed by atoms with van der Waals surface area (Å²) >= 11 is 0. The zero-order chi connectivity index (χ0) is 8.55. The van der Waals surface area contributed by atoms with E-state index < -0.39 is 0 Å². The third-order valence-electron chi connectivity index (χ3n) is 2.87. The molecular formula is C9H15NO2. The van der Waals surface area contributed by atoms with Crippen LogP contribution in [0.25, 0.3) is 0 Å². The minimum atomic E-state index is 0.204. The molecule has 0 unspecified atom stereocenters. The minimum Gasteiger partial charge on any atom is -0.376 e. The third kappa shape index (κ3) is 1.22. The molecule has 2 fully saturated rings. The number of carbonyl (C=O) groups is 1. The van der Waals surface area contributed by atoms with Crippen molar-refractivity contribution < 1.29 is 9.53 Å². The van der Waals surface area contributed by atoms with Crippen LogP contribution >= 0.6 is 0 Å². The molecule has 0 spiro atoms. The lowest BCUT2D eigenvalue weighted by molar-refractivity contribution is -0.134. The highest BCUT2D eigenvalue weighted by atomic mass is 16.5. The quantitative estimate of drug-likeness (QED) is 0.536. The van der Waals surface area contributed by atoms with Crippen LogP contribution in [0.5, 0.6) is 0 Å². The van der Waals surface area contributed by atoms with E-state index in [4.69, 9.17) is 4.74 Å². The fraction of sp³-hybridized carbons (Fsp3) is 0.889. The van der Waals surface area contributed by atoms with Gasteiger partial charge in [0.25, 0.3) is 0 Å². The first-order chi connectivity index (χ1) is 5.79. The molecule has 0 saturated carbocycles. The second-order valence-electron chi connectivity index (χ2n) is 3.62. The number of fused-ring (bicyclic) bond motifs is 1. The summed E-state index contributed by atoms with van der Waals surface area (Å²) in [7, 11) is 0. The van der Waals surface area contributed by atoms with E-state index in [1.54, 1.807) is 6.92 Å². The van der Waals surface area contributed by atoms with E-state index in [0.29, 0.717) is 12.1 Å². The molecule has 0 aromatic carbocycles. The maximum absolute atomic E-state index is 11.2. The van der Waals surface area contributed by atoms with Crippen molar-refractivity contribution in [3.05, 3.63) is 0 Å². The van der Waals surface area contributed by atoms with Gasteiger partial charge in [-0.2, -0.15) is 0 Å². The predicted molar refractivity (Wildman–Crippen MR) is 44.8 cm³/mol. The zero-order valence-corrected chi connectivity index (χ0v) is 7.45. The van der Waals surface area contributed by atoms with Gasteiger partial charge in [0.1, 0.15) is 0 Å². The Morgan fingerprint density at radius 2 is 2.33 bits per heavy atom. The summed E-state index contributed by atoms with van der Waals surface area (Å²) in [5.41, 5.74) is 0. The molecule has 0 radical (unpaired) electrons. The lowest BCUT2D eigenvalue weighted by atomic mass is 9.99. The summed E-state index contributed by atoms with van der Waals surface area (Å²) in [4.78, 5) is 13.2. The van der Waals surface area contributed by atoms with Gasteiger partial charge in [-0.05, 0) is 19.3 Å². The molecule has 0 aromatic rings. The van der Waals surface area contributed by atoms with Gasteiger partial charge >= 0.3 is 0 Å². The van der Waals surface area contributed by atoms with Crippen molar-refractivity contribution in [3.8, 4) is 0 Å². The standard InChI is InChI=1S/C9H15NO2/c1-7(11)10-5-2-3-9-8(10)4-6-12-9/h8-9H,2-6H2,1H3/t8-,9-/m1/s1. The molecule has 2 aliphatic rings. The van der Waals surface area contributed by atoms with Crippen molar-refractivity contribution >= 4 is 5.91 Å². The van der Waals surface area contributed by atoms with Gasteiger partial charge in [-0.15, -0.1) is 0 Å². The van der Waals surface area contributed by atoms with Gasteiger partial charge in [0, 0.05) is 20.1 Å². The molecule has 2 heterocycles. The molecule has 1 amide bonds. The van der Waals surface area contributed by atoms with Crippen LogP contribution in [0.3, 0.4) is 0 Å². The van der Waals surface area contributed by atoms with Crippen LogP contribution in [-0.4, -0.2) is 36.1 Å². The molecule has 2 atom stereocenters. The van der Waals surface area contributed by atoms with Crippen molar-refractivity contribution in [1.29, 1.82) is 0 Å². The highest BCUT2D eigenvalue weighted by Gasteiger charge is 2.36. The van der Waals surface area contributed by atoms with Crippen molar-refractivity contribution in [2.75, 3.05) is 13.2 Å². The summed E-state index contributed by atoms with van der Waals surface area (Å²) < 4.78 is 5.54. The van der Waals surface area contributed by atoms with E-state index in [9.17, 15) is 4.79 Å². The summed E-state index contributed by atoms with van der Waals surface area (Å²) in [5.74, 6) is 0.204. The van der Waals surface area contributed by atoms with E-state index in [2.05, 4.69) is 0 Å². The molecule has 3 heteroatoms. The van der Waals surface area contributed by atoms with E-state index in [0.717, 1.165) is 32.4 Å². The van der Waals surface area contributed by atoms with Crippen LogP contribution in [0, 0.1) is 0 Å². The second kappa shape index (κ2) is 3.05. The topological polar surface area (TPSA) is 29.5 Å². The van der Waals surface area contributed by atoms with Crippen molar-refractivity contribution in [3.63, 3.8) is 0 Å². The number of nitrogens with zero attached hydrogens (tertiary/aromatic N) is 1. The fourth-order valence-corrected chi connectivity index (χ4v) is 2.29. The Bertz CT molecular complexity index is 193. The van der Waals surface area contributed by atoms with Gasteiger partial charge in [-0.1, -0.05) is 0 Å². The fourth-order valence-electron chi connectivity index (χ4n) is 2.29. The SMILES string of the molecule is CC(=O)N1CCC[C@H]2OCC[C@H]21. The molecule has 0 bridgehead atoms. The molecule has 0 N–H and O–H groups in total. The van der Waals surface area contributed by atoms with Crippen molar-refractivity contribution in [2.45, 2.75) is 38.3 Å². The van der Waals surface area contributed by atoms with Crippen LogP contribution in [-0.2, 0) is 9.53 Å². The lowest BCUT2D eigenvalue weighted by Crippen LogP contribution is -2.47. The highest BCUT2D eigenvalue weighted by molar-refractivity contribution is 5.73. The number of hydrogen-bond donors (Lipinski definition) is 0. The first-order valence-electron chi connectivity index (χ1n) is 4.68. The summed E-state index contributed by atoms with van der Waals surface area (Å²) in [5, 5.41) is 0. The Morgan fingerprint density at radius 3 is 3.08 bits per heavy atom.